The van der Waals surface area contributed by atoms with Crippen LogP contribution in [0.5, 0.6) is 0 Å². The summed E-state index contributed by atoms with van der Waals surface area (Å²) in [5, 5.41) is 11.0. The van der Waals surface area contributed by atoms with Crippen LogP contribution in [0.15, 0.2) is 18.2 Å². The highest BCUT2D eigenvalue weighted by molar-refractivity contribution is 6.42. The van der Waals surface area contributed by atoms with Crippen LogP contribution >= 0.6 is 23.2 Å². The molecule has 0 bridgehead atoms. The molecule has 1 aromatic rings. The largest absolute Gasteiger partial charge is 0.384 e. The van der Waals surface area contributed by atoms with Crippen LogP contribution in [0.2, 0.25) is 10.0 Å². The van der Waals surface area contributed by atoms with E-state index < -0.39 is 5.60 Å². The maximum atomic E-state index is 10.1. The molecule has 1 atom stereocenters. The molecule has 2 nitrogen and oxygen atoms in total. The predicted octanol–water partition coefficient (Wildman–Crippen LogP) is 2.55. The summed E-state index contributed by atoms with van der Waals surface area (Å²) in [4.78, 5) is 0. The lowest BCUT2D eigenvalue weighted by molar-refractivity contribution is 0.0420. The van der Waals surface area contributed by atoms with Crippen molar-refractivity contribution in [3.8, 4) is 0 Å². The Labute approximate surface area is 93.6 Å². The summed E-state index contributed by atoms with van der Waals surface area (Å²) >= 11 is 11.8. The number of hydrogen-bond donors (Lipinski definition) is 2. The maximum Gasteiger partial charge on any atom is 0.103 e. The van der Waals surface area contributed by atoms with Crippen molar-refractivity contribution in [1.82, 2.24) is 0 Å². The molecule has 0 amide bonds. The van der Waals surface area contributed by atoms with Gasteiger partial charge in [-0.25, -0.2) is 0 Å². The molecule has 78 valence electrons. The van der Waals surface area contributed by atoms with Gasteiger partial charge in [0.15, 0.2) is 0 Å². The summed E-state index contributed by atoms with van der Waals surface area (Å²) in [6, 6.07) is 5.17. The molecule has 0 aliphatic rings. The van der Waals surface area contributed by atoms with Gasteiger partial charge in [0.2, 0.25) is 0 Å². The molecule has 3 N–H and O–H groups in total. The van der Waals surface area contributed by atoms with E-state index in [1.54, 1.807) is 18.2 Å². The van der Waals surface area contributed by atoms with E-state index in [4.69, 9.17) is 28.9 Å². The average molecular weight is 234 g/mol. The van der Waals surface area contributed by atoms with Crippen LogP contribution in [0.25, 0.3) is 0 Å². The molecule has 4 heteroatoms. The maximum absolute atomic E-state index is 10.1. The molecular weight excluding hydrogens is 221 g/mol. The summed E-state index contributed by atoms with van der Waals surface area (Å²) in [5.74, 6) is 0. The molecule has 0 saturated heterocycles. The lowest BCUT2D eigenvalue weighted by Gasteiger charge is -2.26. The van der Waals surface area contributed by atoms with E-state index in [0.717, 1.165) is 0 Å². The molecule has 1 unspecified atom stereocenters. The smallest absolute Gasteiger partial charge is 0.103 e. The molecule has 0 heterocycles. The number of benzene rings is 1. The summed E-state index contributed by atoms with van der Waals surface area (Å²) < 4.78 is 0. The number of nitrogens with two attached hydrogens (primary N) is 1. The third-order valence-electron chi connectivity index (χ3n) is 2.38. The van der Waals surface area contributed by atoms with Crippen molar-refractivity contribution in [3.05, 3.63) is 33.8 Å². The molecule has 0 spiro atoms. The molecule has 0 saturated carbocycles. The van der Waals surface area contributed by atoms with Crippen LogP contribution in [-0.4, -0.2) is 11.7 Å². The first-order valence-corrected chi connectivity index (χ1v) is 5.17. The lowest BCUT2D eigenvalue weighted by atomic mass is 9.91. The normalized spacial score (nSPS) is 15.2. The fourth-order valence-corrected chi connectivity index (χ4v) is 1.78. The average Bonchev–Trinajstić information content (AvgIpc) is 2.21. The van der Waals surface area contributed by atoms with Gasteiger partial charge in [-0.3, -0.25) is 0 Å². The fraction of sp³-hybridized carbons (Fsp3) is 0.400. The van der Waals surface area contributed by atoms with E-state index in [1.165, 1.54) is 0 Å². The van der Waals surface area contributed by atoms with Gasteiger partial charge >= 0.3 is 0 Å². The van der Waals surface area contributed by atoms with Crippen LogP contribution in [-0.2, 0) is 5.60 Å². The van der Waals surface area contributed by atoms with Gasteiger partial charge in [0.1, 0.15) is 5.60 Å². The van der Waals surface area contributed by atoms with Crippen molar-refractivity contribution < 1.29 is 5.11 Å². The Morgan fingerprint density at radius 3 is 2.57 bits per heavy atom. The first-order chi connectivity index (χ1) is 6.55. The molecule has 1 aromatic carbocycles. The second-order valence-corrected chi connectivity index (χ2v) is 3.98. The Morgan fingerprint density at radius 2 is 2.07 bits per heavy atom. The van der Waals surface area contributed by atoms with E-state index in [2.05, 4.69) is 0 Å². The zero-order valence-electron chi connectivity index (χ0n) is 7.93. The molecular formula is C10H13Cl2NO. The minimum atomic E-state index is -1.08. The molecule has 0 aliphatic carbocycles. The molecule has 1 rings (SSSR count). The zero-order valence-corrected chi connectivity index (χ0v) is 9.44. The number of hydrogen-bond acceptors (Lipinski definition) is 2. The lowest BCUT2D eigenvalue weighted by Crippen LogP contribution is -2.34. The van der Waals surface area contributed by atoms with Gasteiger partial charge in [-0.1, -0.05) is 42.3 Å². The summed E-state index contributed by atoms with van der Waals surface area (Å²) in [7, 11) is 0. The number of aliphatic hydroxyl groups is 1. The highest BCUT2D eigenvalue weighted by Gasteiger charge is 2.28. The van der Waals surface area contributed by atoms with Crippen LogP contribution in [0.1, 0.15) is 18.9 Å². The second kappa shape index (κ2) is 4.49. The predicted molar refractivity (Wildman–Crippen MR) is 59.7 cm³/mol. The SMILES string of the molecule is CCC(O)(CN)c1cccc(Cl)c1Cl. The topological polar surface area (TPSA) is 46.2 Å². The summed E-state index contributed by atoms with van der Waals surface area (Å²) in [6.45, 7) is 1.98. The van der Waals surface area contributed by atoms with Crippen LogP contribution < -0.4 is 5.73 Å². The van der Waals surface area contributed by atoms with Crippen molar-refractivity contribution in [1.29, 1.82) is 0 Å². The van der Waals surface area contributed by atoms with Gasteiger partial charge in [0.05, 0.1) is 10.0 Å². The van der Waals surface area contributed by atoms with Crippen molar-refractivity contribution in [2.45, 2.75) is 18.9 Å². The zero-order chi connectivity index (χ0) is 10.8. The van der Waals surface area contributed by atoms with Gasteiger partial charge in [-0.15, -0.1) is 0 Å². The molecule has 0 aromatic heterocycles. The Bertz CT molecular complexity index is 324. The molecule has 0 fully saturated rings. The van der Waals surface area contributed by atoms with E-state index in [0.29, 0.717) is 22.0 Å². The minimum absolute atomic E-state index is 0.129. The highest BCUT2D eigenvalue weighted by Crippen LogP contribution is 2.34. The number of halogens is 2. The standard InChI is InChI=1S/C10H13Cl2NO/c1-2-10(14,6-13)7-4-3-5-8(11)9(7)12/h3-5,14H,2,6,13H2,1H3. The van der Waals surface area contributed by atoms with Gasteiger partial charge in [-0.2, -0.15) is 0 Å². The van der Waals surface area contributed by atoms with Crippen LogP contribution in [0.3, 0.4) is 0 Å². The van der Waals surface area contributed by atoms with Crippen LogP contribution in [0, 0.1) is 0 Å². The van der Waals surface area contributed by atoms with Gasteiger partial charge in [-0.05, 0) is 12.5 Å². The summed E-state index contributed by atoms with van der Waals surface area (Å²) in [6.07, 6.45) is 0.504. The van der Waals surface area contributed by atoms with Crippen molar-refractivity contribution in [2.24, 2.45) is 5.73 Å². The van der Waals surface area contributed by atoms with Gasteiger partial charge in [0, 0.05) is 12.1 Å². The van der Waals surface area contributed by atoms with E-state index in [-0.39, 0.29) is 6.54 Å². The summed E-state index contributed by atoms with van der Waals surface area (Å²) in [5.41, 5.74) is 5.03. The first-order valence-electron chi connectivity index (χ1n) is 4.42. The van der Waals surface area contributed by atoms with Crippen LogP contribution in [0.4, 0.5) is 0 Å². The molecule has 0 aliphatic heterocycles. The Morgan fingerprint density at radius 1 is 1.43 bits per heavy atom. The van der Waals surface area contributed by atoms with E-state index in [1.807, 2.05) is 6.92 Å². The van der Waals surface area contributed by atoms with Gasteiger partial charge < -0.3 is 10.8 Å². The second-order valence-electron chi connectivity index (χ2n) is 3.19. The Kier molecular flexibility index (Phi) is 3.78. The molecule has 14 heavy (non-hydrogen) atoms. The van der Waals surface area contributed by atoms with E-state index in [9.17, 15) is 5.11 Å². The fourth-order valence-electron chi connectivity index (χ4n) is 1.31. The van der Waals surface area contributed by atoms with Crippen molar-refractivity contribution in [3.63, 3.8) is 0 Å². The third kappa shape index (κ3) is 2.04. The molecule has 0 radical (unpaired) electrons. The minimum Gasteiger partial charge on any atom is -0.384 e. The quantitative estimate of drug-likeness (QED) is 0.844. The monoisotopic (exact) mass is 233 g/mol. The van der Waals surface area contributed by atoms with Gasteiger partial charge in [0.25, 0.3) is 0 Å². The highest BCUT2D eigenvalue weighted by atomic mass is 35.5. The Hall–Kier alpha value is -0.280. The first kappa shape index (κ1) is 11.8. The van der Waals surface area contributed by atoms with E-state index >= 15 is 0 Å². The third-order valence-corrected chi connectivity index (χ3v) is 3.19. The van der Waals surface area contributed by atoms with Crippen molar-refractivity contribution >= 4 is 23.2 Å². The number of rotatable bonds is 3. The Balaban J connectivity index is 3.24. The van der Waals surface area contributed by atoms with Crippen molar-refractivity contribution in [2.75, 3.05) is 6.54 Å².